The van der Waals surface area contributed by atoms with E-state index in [9.17, 15) is 4.79 Å². The minimum absolute atomic E-state index is 0.135. The summed E-state index contributed by atoms with van der Waals surface area (Å²) in [6.45, 7) is -0.694. The minimum Gasteiger partial charge on any atom is -0.454 e. The molecule has 0 radical (unpaired) electrons. The Bertz CT molecular complexity index is 473. The minimum atomic E-state index is -2.34. The van der Waals surface area contributed by atoms with Crippen LogP contribution in [0.25, 0.3) is 0 Å². The highest BCUT2D eigenvalue weighted by Crippen LogP contribution is 2.32. The highest BCUT2D eigenvalue weighted by atomic mass is 16.7. The number of ether oxygens (including phenoxy) is 2. The Labute approximate surface area is 92.4 Å². The first-order chi connectivity index (χ1) is 8.37. The zero-order valence-electron chi connectivity index (χ0n) is 11.2. The first-order valence-electron chi connectivity index (χ1n) is 6.08. The summed E-state index contributed by atoms with van der Waals surface area (Å²) >= 11 is 0. The number of likely N-dealkylation sites (N-methyl/N-ethyl adjacent to an activating group) is 1. The summed E-state index contributed by atoms with van der Waals surface area (Å²) in [6, 6.07) is 3.99. The Morgan fingerprint density at radius 1 is 1.53 bits per heavy atom. The zero-order chi connectivity index (χ0) is 13.3. The molecule has 0 bridgehead atoms. The van der Waals surface area contributed by atoms with Gasteiger partial charge in [-0.25, -0.2) is 0 Å². The number of benzene rings is 1. The van der Waals surface area contributed by atoms with Crippen LogP contribution in [0.3, 0.4) is 0 Å². The van der Waals surface area contributed by atoms with E-state index in [0.717, 1.165) is 0 Å². The number of hydrogen-bond acceptors (Lipinski definition) is 4. The fraction of sp³-hybridized carbons (Fsp3) is 0.364. The average molecular weight is 210 g/mol. The van der Waals surface area contributed by atoms with E-state index in [4.69, 9.17) is 13.6 Å². The molecule has 0 saturated carbocycles. The molecule has 0 aliphatic carbocycles. The van der Waals surface area contributed by atoms with Crippen LogP contribution in [0, 0.1) is 0 Å². The van der Waals surface area contributed by atoms with Crippen molar-refractivity contribution in [2.24, 2.45) is 0 Å². The summed E-state index contributed by atoms with van der Waals surface area (Å²) in [6.07, 6.45) is 0. The van der Waals surface area contributed by atoms with Crippen molar-refractivity contribution in [2.45, 2.75) is 13.0 Å². The molecule has 1 N–H and O–H groups in total. The monoisotopic (exact) mass is 210 g/mol. The molecule has 0 aromatic heterocycles. The second-order valence-corrected chi connectivity index (χ2v) is 3.30. The van der Waals surface area contributed by atoms with Crippen molar-refractivity contribution in [1.82, 2.24) is 5.32 Å². The molecular formula is C11H13NO3. The maximum atomic E-state index is 12.0. The van der Waals surface area contributed by atoms with Gasteiger partial charge in [0.25, 0.3) is 0 Å². The molecule has 15 heavy (non-hydrogen) atoms. The number of nitrogens with one attached hydrogen (secondary N) is 1. The largest absolute Gasteiger partial charge is 0.454 e. The van der Waals surface area contributed by atoms with Crippen LogP contribution in [0.5, 0.6) is 11.5 Å². The lowest BCUT2D eigenvalue weighted by Crippen LogP contribution is -2.30. The van der Waals surface area contributed by atoms with Gasteiger partial charge in [-0.1, -0.05) is 0 Å². The van der Waals surface area contributed by atoms with Crippen LogP contribution in [-0.4, -0.2) is 25.6 Å². The predicted octanol–water partition coefficient (Wildman–Crippen LogP) is 1.21. The van der Waals surface area contributed by atoms with E-state index in [1.807, 2.05) is 0 Å². The highest BCUT2D eigenvalue weighted by molar-refractivity contribution is 6.00. The summed E-state index contributed by atoms with van der Waals surface area (Å²) in [5, 5.41) is 2.26. The molecule has 80 valence electrons. The van der Waals surface area contributed by atoms with Gasteiger partial charge in [0.05, 0.1) is 6.04 Å². The molecule has 0 fully saturated rings. The van der Waals surface area contributed by atoms with Crippen molar-refractivity contribution in [2.75, 3.05) is 13.8 Å². The van der Waals surface area contributed by atoms with E-state index in [1.165, 1.54) is 6.92 Å². The molecule has 0 saturated heterocycles. The number of hydrogen-bond donors (Lipinski definition) is 1. The first kappa shape index (κ1) is 6.85. The van der Waals surface area contributed by atoms with E-state index in [-0.39, 0.29) is 12.6 Å². The third-order valence-electron chi connectivity index (χ3n) is 2.27. The molecule has 1 aliphatic heterocycles. The highest BCUT2D eigenvalue weighted by Gasteiger charge is 2.18. The molecule has 1 aliphatic rings. The lowest BCUT2D eigenvalue weighted by Gasteiger charge is -2.09. The molecule has 0 spiro atoms. The molecule has 1 heterocycles. The smallest absolute Gasteiger partial charge is 0.231 e. The van der Waals surface area contributed by atoms with Crippen LogP contribution in [0.1, 0.15) is 21.4 Å². The fourth-order valence-electron chi connectivity index (χ4n) is 1.37. The third kappa shape index (κ3) is 1.80. The Kier molecular flexibility index (Phi) is 1.78. The maximum absolute atomic E-state index is 12.0. The molecule has 1 atom stereocenters. The fourth-order valence-corrected chi connectivity index (χ4v) is 1.37. The Balaban J connectivity index is 2.14. The van der Waals surface area contributed by atoms with Gasteiger partial charge in [0.2, 0.25) is 6.79 Å². The quantitative estimate of drug-likeness (QED) is 0.762. The number of ketones is 1. The maximum Gasteiger partial charge on any atom is 0.231 e. The summed E-state index contributed by atoms with van der Waals surface area (Å²) in [7, 11) is 0. The molecule has 1 aromatic rings. The van der Waals surface area contributed by atoms with Gasteiger partial charge < -0.3 is 14.8 Å². The van der Waals surface area contributed by atoms with E-state index >= 15 is 0 Å². The number of Topliss-reactive ketones (excluding diaryl/α,β-unsaturated/α-hetero) is 1. The molecule has 4 heteroatoms. The van der Waals surface area contributed by atoms with Crippen LogP contribution < -0.4 is 14.8 Å². The van der Waals surface area contributed by atoms with Crippen LogP contribution >= 0.6 is 0 Å². The summed E-state index contributed by atoms with van der Waals surface area (Å²) in [4.78, 5) is 12.0. The van der Waals surface area contributed by atoms with Gasteiger partial charge in [0.15, 0.2) is 17.3 Å². The zero-order valence-corrected chi connectivity index (χ0v) is 8.24. The van der Waals surface area contributed by atoms with Crippen LogP contribution in [0.2, 0.25) is 0 Å². The van der Waals surface area contributed by atoms with Crippen molar-refractivity contribution in [1.29, 1.82) is 0 Å². The van der Waals surface area contributed by atoms with Crippen molar-refractivity contribution in [3.63, 3.8) is 0 Å². The van der Waals surface area contributed by atoms with Gasteiger partial charge in [-0.05, 0) is 32.1 Å². The Morgan fingerprint density at radius 3 is 3.13 bits per heavy atom. The lowest BCUT2D eigenvalue weighted by atomic mass is 10.1. The van der Waals surface area contributed by atoms with Crippen LogP contribution in [-0.2, 0) is 0 Å². The summed E-state index contributed by atoms with van der Waals surface area (Å²) in [5.41, 5.74) is 0.392. The van der Waals surface area contributed by atoms with Crippen molar-refractivity contribution < 1.29 is 18.4 Å². The van der Waals surface area contributed by atoms with E-state index in [0.29, 0.717) is 17.1 Å². The average Bonchev–Trinajstić information content (AvgIpc) is 2.72. The standard InChI is InChI=1S/C11H13NO3/c1-7(12-2)11(13)8-3-4-9-10(5-8)15-6-14-9/h3-5,7,12H,6H2,1-2H3/t7-/m1/s1/i2D3. The van der Waals surface area contributed by atoms with Gasteiger partial charge in [-0.3, -0.25) is 4.79 Å². The number of rotatable bonds is 3. The second-order valence-electron chi connectivity index (χ2n) is 3.30. The molecule has 4 nitrogen and oxygen atoms in total. The normalized spacial score (nSPS) is 18.9. The van der Waals surface area contributed by atoms with Crippen molar-refractivity contribution in [3.05, 3.63) is 23.8 Å². The van der Waals surface area contributed by atoms with Crippen molar-refractivity contribution >= 4 is 5.78 Å². The van der Waals surface area contributed by atoms with E-state index in [2.05, 4.69) is 5.32 Å². The summed E-state index contributed by atoms with van der Waals surface area (Å²) in [5.74, 6) is 0.786. The van der Waals surface area contributed by atoms with E-state index in [1.54, 1.807) is 18.2 Å². The predicted molar refractivity (Wildman–Crippen MR) is 55.4 cm³/mol. The van der Waals surface area contributed by atoms with Gasteiger partial charge >= 0.3 is 0 Å². The Hall–Kier alpha value is -1.55. The van der Waals surface area contributed by atoms with Crippen LogP contribution in [0.15, 0.2) is 18.2 Å². The lowest BCUT2D eigenvalue weighted by molar-refractivity contribution is 0.0954. The van der Waals surface area contributed by atoms with E-state index < -0.39 is 13.0 Å². The first-order valence-corrected chi connectivity index (χ1v) is 4.58. The van der Waals surface area contributed by atoms with Crippen molar-refractivity contribution in [3.8, 4) is 11.5 Å². The number of fused-ring (bicyclic) bond motifs is 1. The Morgan fingerprint density at radius 2 is 2.33 bits per heavy atom. The number of carbonyl (C=O) groups excluding carboxylic acids is 1. The molecule has 0 amide bonds. The van der Waals surface area contributed by atoms with Gasteiger partial charge in [0, 0.05) is 9.68 Å². The topological polar surface area (TPSA) is 47.6 Å². The molecular weight excluding hydrogens is 194 g/mol. The number of carbonyl (C=O) groups is 1. The molecule has 2 rings (SSSR count). The molecule has 1 aromatic carbocycles. The van der Waals surface area contributed by atoms with Gasteiger partial charge in [-0.15, -0.1) is 0 Å². The third-order valence-corrected chi connectivity index (χ3v) is 2.27. The second kappa shape index (κ2) is 3.90. The summed E-state index contributed by atoms with van der Waals surface area (Å²) < 4.78 is 31.5. The SMILES string of the molecule is [2H]C([2H])([2H])N[C@H](C)C(=O)c1ccc2c(c1)OCO2. The van der Waals surface area contributed by atoms with Gasteiger partial charge in [0.1, 0.15) is 0 Å². The van der Waals surface area contributed by atoms with Gasteiger partial charge in [-0.2, -0.15) is 0 Å². The van der Waals surface area contributed by atoms with Crippen LogP contribution in [0.4, 0.5) is 0 Å². The molecule has 0 unspecified atom stereocenters.